The smallest absolute Gasteiger partial charge is 0.425 e. The van der Waals surface area contributed by atoms with Crippen LogP contribution in [0.5, 0.6) is 11.5 Å². The Hall–Kier alpha value is -5.98. The monoisotopic (exact) mass is 1150 g/mol. The SMILES string of the molecule is CCN(CC)c1cc(Nc2nc(Nc3cc(N(CC)CC)c(OC)cc3N=Nc3snc4scc(Cl)c34)nc(SCc3ccccc3)n2)c(N=Nc2snc3scc(Cl)c23)cc1OC.O=S(=O)=O.O=S(=O)=O. The lowest BCUT2D eigenvalue weighted by Crippen LogP contribution is -2.22. The van der Waals surface area contributed by atoms with Crippen molar-refractivity contribution in [2.45, 2.75) is 38.6 Å². The Labute approximate surface area is 445 Å². The third-order valence-electron chi connectivity index (χ3n) is 9.93. The van der Waals surface area contributed by atoms with E-state index in [-0.39, 0.29) is 11.9 Å². The number of benzene rings is 3. The number of methoxy groups -OCH3 is 2. The van der Waals surface area contributed by atoms with Crippen LogP contribution in [0.25, 0.3) is 20.4 Å². The maximum absolute atomic E-state index is 8.44. The van der Waals surface area contributed by atoms with Crippen LogP contribution in [0.15, 0.2) is 91.0 Å². The highest BCUT2D eigenvalue weighted by atomic mass is 35.5. The lowest BCUT2D eigenvalue weighted by molar-refractivity contribution is 0.414. The van der Waals surface area contributed by atoms with E-state index < -0.39 is 21.2 Å². The number of nitrogens with one attached hydrogen (secondary N) is 2. The summed E-state index contributed by atoms with van der Waals surface area (Å²) in [5.74, 6) is 2.42. The van der Waals surface area contributed by atoms with Crippen LogP contribution in [0, 0.1) is 0 Å². The molecule has 5 heterocycles. The topological polar surface area (TPSA) is 265 Å². The lowest BCUT2D eigenvalue weighted by atomic mass is 10.2. The van der Waals surface area contributed by atoms with E-state index in [1.807, 2.05) is 53.2 Å². The van der Waals surface area contributed by atoms with Gasteiger partial charge in [0.05, 0.1) is 57.8 Å². The number of anilines is 6. The molecule has 8 aromatic rings. The van der Waals surface area contributed by atoms with Crippen LogP contribution in [0.2, 0.25) is 10.0 Å². The highest BCUT2D eigenvalue weighted by Gasteiger charge is 2.21. The molecule has 0 spiro atoms. The fourth-order valence-electron chi connectivity index (χ4n) is 6.70. The standard InChI is InChI=1S/C42H41Cl2N13O2S5.2O3S/c1-7-56(8-2)30-16-26(28(18-32(30)58-5)50-52-36-34-24(43)21-60-38(34)54-63-36)45-40-47-41(49-42(48-40)62-20-23-14-12-11-13-15-23)46-27-17-31(57(9-3)10-4)33(59-6)19-29(27)51-53-37-35-25(44)22-61-39(35)55-64-37;2*1-4(2)3/h11-19,21-22H,7-10,20H2,1-6H3,(H2,45,46,47,48,49);;. The molecule has 0 saturated carbocycles. The van der Waals surface area contributed by atoms with Crippen molar-refractivity contribution in [3.63, 3.8) is 0 Å². The molecule has 0 unspecified atom stereocenters. The number of halogens is 2. The van der Waals surface area contributed by atoms with E-state index in [9.17, 15) is 0 Å². The van der Waals surface area contributed by atoms with Crippen molar-refractivity contribution in [2.24, 2.45) is 20.5 Å². The molecule has 0 fully saturated rings. The molecule has 2 N–H and O–H groups in total. The van der Waals surface area contributed by atoms with Gasteiger partial charge in [0.25, 0.3) is 0 Å². The molecule has 0 amide bonds. The Bertz CT molecular complexity index is 3230. The van der Waals surface area contributed by atoms with Crippen molar-refractivity contribution in [1.29, 1.82) is 0 Å². The quantitative estimate of drug-likeness (QED) is 0.0563. The summed E-state index contributed by atoms with van der Waals surface area (Å²) in [5.41, 5.74) is 4.99. The van der Waals surface area contributed by atoms with Gasteiger partial charge in [-0.3, -0.25) is 0 Å². The van der Waals surface area contributed by atoms with E-state index in [2.05, 4.69) is 79.2 Å². The van der Waals surface area contributed by atoms with Crippen molar-refractivity contribution in [3.8, 4) is 11.5 Å². The molecule has 378 valence electrons. The van der Waals surface area contributed by atoms with Gasteiger partial charge in [0.1, 0.15) is 32.5 Å². The Morgan fingerprint density at radius 3 is 1.43 bits per heavy atom. The molecule has 0 aliphatic rings. The molecule has 0 bridgehead atoms. The first-order valence-electron chi connectivity index (χ1n) is 21.0. The molecular weight excluding hydrogens is 1110 g/mol. The van der Waals surface area contributed by atoms with Crippen molar-refractivity contribution in [2.75, 3.05) is 60.8 Å². The van der Waals surface area contributed by atoms with Crippen molar-refractivity contribution in [1.82, 2.24) is 23.7 Å². The van der Waals surface area contributed by atoms with E-state index >= 15 is 0 Å². The number of hydrogen-bond acceptors (Lipinski definition) is 26. The van der Waals surface area contributed by atoms with E-state index in [1.165, 1.54) is 57.5 Å². The van der Waals surface area contributed by atoms with Gasteiger partial charge >= 0.3 is 21.2 Å². The summed E-state index contributed by atoms with van der Waals surface area (Å²) in [6.45, 7) is 11.4. The predicted octanol–water partition coefficient (Wildman–Crippen LogP) is 12.8. The summed E-state index contributed by atoms with van der Waals surface area (Å²) in [7, 11) is -2.94. The average molecular weight is 1150 g/mol. The summed E-state index contributed by atoms with van der Waals surface area (Å²) >= 11 is 20.0. The predicted molar refractivity (Wildman–Crippen MR) is 288 cm³/mol. The van der Waals surface area contributed by atoms with Gasteiger partial charge in [-0.05, 0) is 68.5 Å². The summed E-state index contributed by atoms with van der Waals surface area (Å²) in [6.07, 6.45) is 0. The Balaban J connectivity index is 0.000000986. The van der Waals surface area contributed by atoms with Crippen LogP contribution in [0.3, 0.4) is 0 Å². The molecule has 21 nitrogen and oxygen atoms in total. The van der Waals surface area contributed by atoms with E-state index in [0.717, 1.165) is 63.6 Å². The van der Waals surface area contributed by atoms with E-state index in [1.54, 1.807) is 14.2 Å². The molecular formula is C42H41Cl2N13O8S7. The average Bonchev–Trinajstić information content (AvgIpc) is 4.16. The van der Waals surface area contributed by atoms with Gasteiger partial charge in [0, 0.05) is 54.8 Å². The number of fused-ring (bicyclic) bond motifs is 2. The van der Waals surface area contributed by atoms with Crippen LogP contribution in [0.4, 0.5) is 56.0 Å². The summed E-state index contributed by atoms with van der Waals surface area (Å²) in [6, 6.07) is 17.8. The normalized spacial score (nSPS) is 11.1. The Morgan fingerprint density at radius 2 is 1.04 bits per heavy atom. The third-order valence-corrected chi connectivity index (χ3v) is 15.1. The number of thiophene rings is 2. The van der Waals surface area contributed by atoms with Gasteiger partial charge < -0.3 is 29.9 Å². The molecule has 72 heavy (non-hydrogen) atoms. The van der Waals surface area contributed by atoms with Gasteiger partial charge in [-0.1, -0.05) is 65.3 Å². The minimum absolute atomic E-state index is 0.265. The van der Waals surface area contributed by atoms with Crippen molar-refractivity contribution < 1.29 is 34.7 Å². The minimum atomic E-state index is -3.11. The van der Waals surface area contributed by atoms with Crippen LogP contribution in [-0.2, 0) is 27.0 Å². The molecule has 0 saturated heterocycles. The van der Waals surface area contributed by atoms with Gasteiger partial charge in [-0.15, -0.1) is 68.4 Å². The van der Waals surface area contributed by atoms with Crippen molar-refractivity contribution >= 4 is 178 Å². The summed E-state index contributed by atoms with van der Waals surface area (Å²) in [4.78, 5) is 20.8. The summed E-state index contributed by atoms with van der Waals surface area (Å²) in [5, 5.41) is 33.8. The molecule has 0 radical (unpaired) electrons. The zero-order valence-corrected chi connectivity index (χ0v) is 45.9. The molecule has 3 aromatic carbocycles. The molecule has 5 aromatic heterocycles. The number of azo groups is 2. The zero-order valence-electron chi connectivity index (χ0n) is 38.7. The third kappa shape index (κ3) is 14.4. The molecule has 0 aliphatic heterocycles. The first-order chi connectivity index (χ1) is 34.7. The number of thioether (sulfide) groups is 1. The fourth-order valence-corrected chi connectivity index (χ4v) is 11.6. The van der Waals surface area contributed by atoms with Gasteiger partial charge in [-0.25, -0.2) is 0 Å². The van der Waals surface area contributed by atoms with Crippen LogP contribution < -0.4 is 29.9 Å². The van der Waals surface area contributed by atoms with Gasteiger partial charge in [0.2, 0.25) is 11.9 Å². The van der Waals surface area contributed by atoms with Crippen molar-refractivity contribution in [3.05, 3.63) is 81.0 Å². The number of aromatic nitrogens is 5. The maximum atomic E-state index is 8.44. The van der Waals surface area contributed by atoms with Crippen LogP contribution in [-0.4, -0.2) is 89.4 Å². The second kappa shape index (κ2) is 26.6. The number of ether oxygens (including phenoxy) is 2. The van der Waals surface area contributed by atoms with Gasteiger partial charge in [-0.2, -0.15) is 23.7 Å². The highest BCUT2D eigenvalue weighted by molar-refractivity contribution is 7.98. The molecule has 30 heteroatoms. The van der Waals surface area contributed by atoms with Gasteiger partial charge in [0.15, 0.2) is 15.2 Å². The Kier molecular flexibility index (Phi) is 20.5. The largest absolute Gasteiger partial charge is 0.494 e. The second-order valence-electron chi connectivity index (χ2n) is 14.0. The first kappa shape index (κ1) is 55.3. The molecule has 0 atom stereocenters. The minimum Gasteiger partial charge on any atom is -0.494 e. The highest BCUT2D eigenvalue weighted by Crippen LogP contribution is 2.46. The summed E-state index contributed by atoms with van der Waals surface area (Å²) < 4.78 is 71.5. The van der Waals surface area contributed by atoms with E-state index in [0.29, 0.717) is 65.2 Å². The number of nitrogens with zero attached hydrogens (tertiary/aromatic N) is 11. The Morgan fingerprint density at radius 1 is 0.625 bits per heavy atom. The van der Waals surface area contributed by atoms with E-state index in [4.69, 9.17) is 83.1 Å². The second-order valence-corrected chi connectivity index (χ2v) is 19.8. The molecule has 0 aliphatic carbocycles. The zero-order chi connectivity index (χ0) is 51.9. The lowest BCUT2D eigenvalue weighted by Gasteiger charge is -2.25. The number of rotatable bonds is 19. The maximum Gasteiger partial charge on any atom is 0.425 e. The van der Waals surface area contributed by atoms with Crippen LogP contribution in [0.1, 0.15) is 33.3 Å². The number of hydrogen-bond donors (Lipinski definition) is 2. The fraction of sp³-hybridized carbons (Fsp3) is 0.262. The first-order valence-corrected chi connectivity index (χ1v) is 28.1. The van der Waals surface area contributed by atoms with Crippen LogP contribution >= 0.6 is 80.7 Å². The molecule has 8 rings (SSSR count).